The molecule has 1 N–H and O–H groups in total. The highest BCUT2D eigenvalue weighted by atomic mass is 127. The monoisotopic (exact) mass is 449 g/mol. The molecule has 4 nitrogen and oxygen atoms in total. The average molecular weight is 449 g/mol. The minimum Gasteiger partial charge on any atom is -0.326 e. The standard InChI is InChI=1S/C18H16IN3OS/c19-14-4-6-15(7-5-14)21-17(23)8-9-24-18-13(11-20)10-12-2-1-3-16(12)22-18/h4-7,10H,1-3,8-9H2,(H,21,23). The van der Waals surface area contributed by atoms with Gasteiger partial charge in [0, 0.05) is 27.1 Å². The van der Waals surface area contributed by atoms with E-state index in [1.165, 1.54) is 17.3 Å². The van der Waals surface area contributed by atoms with E-state index < -0.39 is 0 Å². The van der Waals surface area contributed by atoms with Crippen LogP contribution in [0.5, 0.6) is 0 Å². The fourth-order valence-corrected chi connectivity index (χ4v) is 3.92. The lowest BCUT2D eigenvalue weighted by molar-refractivity contribution is -0.115. The summed E-state index contributed by atoms with van der Waals surface area (Å²) in [5.41, 5.74) is 3.74. The molecule has 1 heterocycles. The van der Waals surface area contributed by atoms with Crippen molar-refractivity contribution in [2.45, 2.75) is 30.7 Å². The number of anilines is 1. The quantitative estimate of drug-likeness (QED) is 0.550. The predicted molar refractivity (Wildman–Crippen MR) is 104 cm³/mol. The number of rotatable bonds is 5. The molecule has 0 spiro atoms. The zero-order chi connectivity index (χ0) is 16.9. The van der Waals surface area contributed by atoms with Gasteiger partial charge in [-0.05, 0) is 77.7 Å². The van der Waals surface area contributed by atoms with Gasteiger partial charge in [-0.3, -0.25) is 4.79 Å². The van der Waals surface area contributed by atoms with Crippen molar-refractivity contribution in [3.8, 4) is 6.07 Å². The summed E-state index contributed by atoms with van der Waals surface area (Å²) in [6.07, 6.45) is 3.50. The topological polar surface area (TPSA) is 65.8 Å². The van der Waals surface area contributed by atoms with Crippen LogP contribution < -0.4 is 5.32 Å². The molecular weight excluding hydrogens is 433 g/mol. The van der Waals surface area contributed by atoms with Crippen LogP contribution in [0.4, 0.5) is 5.69 Å². The first-order valence-corrected chi connectivity index (χ1v) is 9.83. The fourth-order valence-electron chi connectivity index (χ4n) is 2.64. The van der Waals surface area contributed by atoms with Crippen LogP contribution in [0.2, 0.25) is 0 Å². The van der Waals surface area contributed by atoms with Gasteiger partial charge in [0.1, 0.15) is 11.1 Å². The molecule has 0 atom stereocenters. The Morgan fingerprint density at radius 1 is 1.33 bits per heavy atom. The summed E-state index contributed by atoms with van der Waals surface area (Å²) in [5, 5.41) is 12.9. The zero-order valence-electron chi connectivity index (χ0n) is 13.0. The summed E-state index contributed by atoms with van der Waals surface area (Å²) in [6, 6.07) is 11.9. The van der Waals surface area contributed by atoms with E-state index in [1.54, 1.807) is 0 Å². The van der Waals surface area contributed by atoms with Crippen LogP contribution in [-0.4, -0.2) is 16.6 Å². The maximum atomic E-state index is 12.0. The highest BCUT2D eigenvalue weighted by Gasteiger charge is 2.16. The number of amides is 1. The van der Waals surface area contributed by atoms with Crippen molar-refractivity contribution >= 4 is 45.9 Å². The summed E-state index contributed by atoms with van der Waals surface area (Å²) in [4.78, 5) is 16.6. The minimum absolute atomic E-state index is 0.0247. The average Bonchev–Trinajstić information content (AvgIpc) is 3.03. The van der Waals surface area contributed by atoms with E-state index in [2.05, 4.69) is 39.0 Å². The number of hydrogen-bond acceptors (Lipinski definition) is 4. The second-order valence-corrected chi connectivity index (χ2v) is 7.90. The van der Waals surface area contributed by atoms with Crippen molar-refractivity contribution in [3.05, 3.63) is 50.7 Å². The molecule has 24 heavy (non-hydrogen) atoms. The minimum atomic E-state index is -0.0247. The molecule has 1 amide bonds. The van der Waals surface area contributed by atoms with Gasteiger partial charge in [-0.15, -0.1) is 11.8 Å². The van der Waals surface area contributed by atoms with Crippen LogP contribution in [-0.2, 0) is 17.6 Å². The second-order valence-electron chi connectivity index (χ2n) is 5.57. The Hall–Kier alpha value is -1.59. The molecule has 2 aromatic rings. The molecule has 0 unspecified atom stereocenters. The van der Waals surface area contributed by atoms with Crippen LogP contribution >= 0.6 is 34.4 Å². The summed E-state index contributed by atoms with van der Waals surface area (Å²) in [5.74, 6) is 0.583. The number of benzene rings is 1. The highest BCUT2D eigenvalue weighted by Crippen LogP contribution is 2.28. The molecule has 1 aliphatic rings. The molecule has 0 fully saturated rings. The molecule has 1 aliphatic carbocycles. The van der Waals surface area contributed by atoms with E-state index in [0.29, 0.717) is 17.7 Å². The number of aromatic nitrogens is 1. The lowest BCUT2D eigenvalue weighted by atomic mass is 10.2. The number of pyridine rings is 1. The van der Waals surface area contributed by atoms with Gasteiger partial charge in [0.2, 0.25) is 5.91 Å². The number of carbonyl (C=O) groups is 1. The van der Waals surface area contributed by atoms with Gasteiger partial charge in [-0.1, -0.05) is 0 Å². The molecular formula is C18H16IN3OS. The largest absolute Gasteiger partial charge is 0.326 e. The number of nitrogens with zero attached hydrogens (tertiary/aromatic N) is 2. The lowest BCUT2D eigenvalue weighted by Crippen LogP contribution is -2.12. The van der Waals surface area contributed by atoms with Crippen LogP contribution in [0.25, 0.3) is 0 Å². The summed E-state index contributed by atoms with van der Waals surface area (Å²) < 4.78 is 1.13. The number of hydrogen-bond donors (Lipinski definition) is 1. The van der Waals surface area contributed by atoms with Gasteiger partial charge in [0.05, 0.1) is 5.56 Å². The van der Waals surface area contributed by atoms with E-state index >= 15 is 0 Å². The SMILES string of the molecule is N#Cc1cc2c(nc1SCCC(=O)Nc1ccc(I)cc1)CCC2. The Morgan fingerprint density at radius 2 is 2.12 bits per heavy atom. The van der Waals surface area contributed by atoms with E-state index in [-0.39, 0.29) is 5.91 Å². The molecule has 0 saturated carbocycles. The Balaban J connectivity index is 1.55. The fraction of sp³-hybridized carbons (Fsp3) is 0.278. The van der Waals surface area contributed by atoms with E-state index in [0.717, 1.165) is 39.2 Å². The van der Waals surface area contributed by atoms with Gasteiger partial charge in [-0.2, -0.15) is 5.26 Å². The number of carbonyl (C=O) groups excluding carboxylic acids is 1. The maximum absolute atomic E-state index is 12.0. The van der Waals surface area contributed by atoms with Gasteiger partial charge < -0.3 is 5.32 Å². The Labute approximate surface area is 159 Å². The van der Waals surface area contributed by atoms with Crippen molar-refractivity contribution in [1.29, 1.82) is 5.26 Å². The number of aryl methyl sites for hydroxylation is 2. The first kappa shape index (κ1) is 17.2. The first-order chi connectivity index (χ1) is 11.7. The molecule has 0 aliphatic heterocycles. The molecule has 122 valence electrons. The van der Waals surface area contributed by atoms with Crippen LogP contribution in [0.3, 0.4) is 0 Å². The van der Waals surface area contributed by atoms with Gasteiger partial charge in [0.15, 0.2) is 0 Å². The predicted octanol–water partition coefficient (Wildman–Crippen LogP) is 4.17. The van der Waals surface area contributed by atoms with Crippen LogP contribution in [0.1, 0.15) is 29.7 Å². The van der Waals surface area contributed by atoms with E-state index in [9.17, 15) is 10.1 Å². The summed E-state index contributed by atoms with van der Waals surface area (Å²) in [6.45, 7) is 0. The molecule has 3 rings (SSSR count). The smallest absolute Gasteiger partial charge is 0.225 e. The Morgan fingerprint density at radius 3 is 2.88 bits per heavy atom. The first-order valence-electron chi connectivity index (χ1n) is 7.77. The van der Waals surface area contributed by atoms with Crippen molar-refractivity contribution in [2.24, 2.45) is 0 Å². The van der Waals surface area contributed by atoms with Crippen molar-refractivity contribution in [1.82, 2.24) is 4.98 Å². The van der Waals surface area contributed by atoms with Gasteiger partial charge in [0.25, 0.3) is 0 Å². The lowest BCUT2D eigenvalue weighted by Gasteiger charge is -2.07. The third-order valence-electron chi connectivity index (χ3n) is 3.83. The van der Waals surface area contributed by atoms with Crippen molar-refractivity contribution in [3.63, 3.8) is 0 Å². The maximum Gasteiger partial charge on any atom is 0.225 e. The third kappa shape index (κ3) is 4.28. The second kappa shape index (κ2) is 7.99. The Bertz CT molecular complexity index is 799. The number of nitrogens with one attached hydrogen (secondary N) is 1. The van der Waals surface area contributed by atoms with Gasteiger partial charge in [-0.25, -0.2) is 4.98 Å². The number of thioether (sulfide) groups is 1. The molecule has 0 radical (unpaired) electrons. The number of fused-ring (bicyclic) bond motifs is 1. The van der Waals surface area contributed by atoms with Crippen molar-refractivity contribution in [2.75, 3.05) is 11.1 Å². The van der Waals surface area contributed by atoms with E-state index in [1.807, 2.05) is 30.3 Å². The molecule has 0 saturated heterocycles. The number of halogens is 1. The van der Waals surface area contributed by atoms with Crippen LogP contribution in [0, 0.1) is 14.9 Å². The summed E-state index contributed by atoms with van der Waals surface area (Å²) in [7, 11) is 0. The number of nitriles is 1. The molecule has 1 aromatic carbocycles. The zero-order valence-corrected chi connectivity index (χ0v) is 16.0. The normalized spacial score (nSPS) is 12.5. The summed E-state index contributed by atoms with van der Waals surface area (Å²) >= 11 is 3.71. The Kier molecular flexibility index (Phi) is 5.74. The van der Waals surface area contributed by atoms with E-state index in [4.69, 9.17) is 0 Å². The van der Waals surface area contributed by atoms with Gasteiger partial charge >= 0.3 is 0 Å². The van der Waals surface area contributed by atoms with Crippen molar-refractivity contribution < 1.29 is 4.79 Å². The van der Waals surface area contributed by atoms with Crippen LogP contribution in [0.15, 0.2) is 35.4 Å². The highest BCUT2D eigenvalue weighted by molar-refractivity contribution is 14.1. The molecule has 1 aromatic heterocycles. The third-order valence-corrected chi connectivity index (χ3v) is 5.54. The molecule has 6 heteroatoms. The molecule has 0 bridgehead atoms.